The Morgan fingerprint density at radius 2 is 2.05 bits per heavy atom. The Balaban J connectivity index is 1.91. The first-order valence-corrected chi connectivity index (χ1v) is 6.10. The molecule has 2 aromatic carbocycles. The van der Waals surface area contributed by atoms with Gasteiger partial charge in [-0.15, -0.1) is 0 Å². The highest BCUT2D eigenvalue weighted by atomic mass is 16.5. The molecule has 1 N–H and O–H groups in total. The van der Waals surface area contributed by atoms with E-state index in [-0.39, 0.29) is 5.75 Å². The number of benzene rings is 2. The largest absolute Gasteiger partial charge is 0.506 e. The van der Waals surface area contributed by atoms with Gasteiger partial charge in [0.1, 0.15) is 17.2 Å². The van der Waals surface area contributed by atoms with Gasteiger partial charge in [-0.2, -0.15) is 0 Å². The average molecular weight is 257 g/mol. The molecule has 0 saturated heterocycles. The third kappa shape index (κ3) is 2.17. The smallest absolute Gasteiger partial charge is 0.161 e. The number of methoxy groups -OCH3 is 1. The van der Waals surface area contributed by atoms with Crippen LogP contribution in [0.2, 0.25) is 0 Å². The van der Waals surface area contributed by atoms with Crippen LogP contribution in [-0.4, -0.2) is 18.9 Å². The third-order valence-electron chi connectivity index (χ3n) is 3.23. The van der Waals surface area contributed by atoms with E-state index in [0.717, 1.165) is 22.7 Å². The zero-order valence-corrected chi connectivity index (χ0v) is 10.7. The predicted molar refractivity (Wildman–Crippen MR) is 72.8 cm³/mol. The van der Waals surface area contributed by atoms with Crippen molar-refractivity contribution in [3.8, 4) is 17.2 Å². The lowest BCUT2D eigenvalue weighted by Crippen LogP contribution is -2.31. The summed E-state index contributed by atoms with van der Waals surface area (Å²) in [4.78, 5) is 1.98. The minimum absolute atomic E-state index is 0.262. The van der Waals surface area contributed by atoms with Crippen molar-refractivity contribution >= 4 is 5.69 Å². The molecule has 0 saturated carbocycles. The molecule has 4 heteroatoms. The third-order valence-corrected chi connectivity index (χ3v) is 3.23. The van der Waals surface area contributed by atoms with Crippen molar-refractivity contribution in [2.24, 2.45) is 0 Å². The Labute approximate surface area is 111 Å². The van der Waals surface area contributed by atoms with Crippen LogP contribution in [0.5, 0.6) is 17.2 Å². The summed E-state index contributed by atoms with van der Waals surface area (Å²) in [6.45, 7) is 1.11. The normalized spacial score (nSPS) is 13.6. The monoisotopic (exact) mass is 257 g/mol. The molecular formula is C15H15NO3. The summed E-state index contributed by atoms with van der Waals surface area (Å²) in [7, 11) is 1.65. The zero-order chi connectivity index (χ0) is 13.2. The first-order valence-electron chi connectivity index (χ1n) is 6.10. The highest BCUT2D eigenvalue weighted by molar-refractivity contribution is 5.59. The first-order chi connectivity index (χ1) is 9.28. The fourth-order valence-electron chi connectivity index (χ4n) is 2.23. The van der Waals surface area contributed by atoms with Gasteiger partial charge in [0.25, 0.3) is 0 Å². The number of rotatable bonds is 2. The predicted octanol–water partition coefficient (Wildman–Crippen LogP) is 2.76. The number of hydrogen-bond donors (Lipinski definition) is 1. The fourth-order valence-corrected chi connectivity index (χ4v) is 2.23. The highest BCUT2D eigenvalue weighted by Gasteiger charge is 2.19. The topological polar surface area (TPSA) is 41.9 Å². The van der Waals surface area contributed by atoms with Gasteiger partial charge in [-0.3, -0.25) is 0 Å². The van der Waals surface area contributed by atoms with Gasteiger partial charge in [0.2, 0.25) is 0 Å². The van der Waals surface area contributed by atoms with Crippen LogP contribution in [-0.2, 0) is 6.54 Å². The Kier molecular flexibility index (Phi) is 2.91. The van der Waals surface area contributed by atoms with Crippen molar-refractivity contribution < 1.29 is 14.6 Å². The molecule has 0 radical (unpaired) electrons. The molecule has 1 aliphatic heterocycles. The molecule has 2 aromatic rings. The maximum atomic E-state index is 9.89. The molecule has 3 rings (SSSR count). The standard InChI is InChI=1S/C15H15NO3/c1-18-12-6-7-15-11(8-12)9-16(10-19-15)13-4-2-3-5-14(13)17/h2-8,17H,9-10H2,1H3. The molecule has 0 unspecified atom stereocenters. The van der Waals surface area contributed by atoms with Crippen molar-refractivity contribution in [3.05, 3.63) is 48.0 Å². The van der Waals surface area contributed by atoms with Crippen LogP contribution >= 0.6 is 0 Å². The summed E-state index contributed by atoms with van der Waals surface area (Å²) >= 11 is 0. The van der Waals surface area contributed by atoms with E-state index in [2.05, 4.69) is 0 Å². The van der Waals surface area contributed by atoms with Gasteiger partial charge >= 0.3 is 0 Å². The molecule has 19 heavy (non-hydrogen) atoms. The van der Waals surface area contributed by atoms with Crippen molar-refractivity contribution in [3.63, 3.8) is 0 Å². The maximum absolute atomic E-state index is 9.89. The zero-order valence-electron chi connectivity index (χ0n) is 10.7. The summed E-state index contributed by atoms with van der Waals surface area (Å²) in [6, 6.07) is 13.0. The first kappa shape index (κ1) is 11.7. The molecule has 0 aliphatic carbocycles. The summed E-state index contributed by atoms with van der Waals surface area (Å²) in [5.41, 5.74) is 1.82. The number of nitrogens with zero attached hydrogens (tertiary/aromatic N) is 1. The average Bonchev–Trinajstić information content (AvgIpc) is 2.46. The van der Waals surface area contributed by atoms with E-state index in [0.29, 0.717) is 13.3 Å². The van der Waals surface area contributed by atoms with E-state index in [9.17, 15) is 5.11 Å². The van der Waals surface area contributed by atoms with E-state index in [1.165, 1.54) is 0 Å². The fraction of sp³-hybridized carbons (Fsp3) is 0.200. The van der Waals surface area contributed by atoms with Crippen LogP contribution in [0.4, 0.5) is 5.69 Å². The van der Waals surface area contributed by atoms with E-state index < -0.39 is 0 Å². The van der Waals surface area contributed by atoms with Crippen LogP contribution in [0.1, 0.15) is 5.56 Å². The number of phenolic OH excluding ortho intramolecular Hbond substituents is 1. The second kappa shape index (κ2) is 4.72. The van der Waals surface area contributed by atoms with Gasteiger partial charge < -0.3 is 19.5 Å². The van der Waals surface area contributed by atoms with Gasteiger partial charge in [0.05, 0.1) is 19.3 Å². The number of anilines is 1. The Morgan fingerprint density at radius 3 is 2.84 bits per heavy atom. The highest BCUT2D eigenvalue weighted by Crippen LogP contribution is 2.34. The van der Waals surface area contributed by atoms with Crippen molar-refractivity contribution in [1.82, 2.24) is 0 Å². The van der Waals surface area contributed by atoms with Crippen molar-refractivity contribution in [2.75, 3.05) is 18.7 Å². The van der Waals surface area contributed by atoms with Crippen LogP contribution < -0.4 is 14.4 Å². The molecule has 4 nitrogen and oxygen atoms in total. The summed E-state index contributed by atoms with van der Waals surface area (Å²) in [5, 5.41) is 9.89. The SMILES string of the molecule is COc1ccc2c(c1)CN(c1ccccc1O)CO2. The molecule has 1 heterocycles. The number of phenols is 1. The minimum atomic E-state index is 0.262. The van der Waals surface area contributed by atoms with Gasteiger partial charge in [0.15, 0.2) is 6.73 Å². The number of fused-ring (bicyclic) bond motifs is 1. The second-order valence-electron chi connectivity index (χ2n) is 4.43. The van der Waals surface area contributed by atoms with Crippen LogP contribution in [0, 0.1) is 0 Å². The molecule has 0 aromatic heterocycles. The lowest BCUT2D eigenvalue weighted by Gasteiger charge is -2.31. The van der Waals surface area contributed by atoms with Crippen LogP contribution in [0.25, 0.3) is 0 Å². The molecule has 0 amide bonds. The number of ether oxygens (including phenoxy) is 2. The van der Waals surface area contributed by atoms with Crippen LogP contribution in [0.15, 0.2) is 42.5 Å². The maximum Gasteiger partial charge on any atom is 0.161 e. The summed E-state index contributed by atoms with van der Waals surface area (Å²) in [6.07, 6.45) is 0. The van der Waals surface area contributed by atoms with Gasteiger partial charge in [0, 0.05) is 5.56 Å². The minimum Gasteiger partial charge on any atom is -0.506 e. The quantitative estimate of drug-likeness (QED) is 0.898. The number of hydrogen-bond acceptors (Lipinski definition) is 4. The molecule has 0 fully saturated rings. The van der Waals surface area contributed by atoms with Gasteiger partial charge in [-0.25, -0.2) is 0 Å². The Hall–Kier alpha value is -2.36. The lowest BCUT2D eigenvalue weighted by atomic mass is 10.1. The molecule has 0 atom stereocenters. The number of aromatic hydroxyl groups is 1. The molecule has 0 bridgehead atoms. The molecule has 1 aliphatic rings. The van der Waals surface area contributed by atoms with Crippen LogP contribution in [0.3, 0.4) is 0 Å². The van der Waals surface area contributed by atoms with Gasteiger partial charge in [-0.05, 0) is 30.3 Å². The van der Waals surface area contributed by atoms with Crippen molar-refractivity contribution in [1.29, 1.82) is 0 Å². The summed E-state index contributed by atoms with van der Waals surface area (Å²) < 4.78 is 10.9. The van der Waals surface area contributed by atoms with Crippen molar-refractivity contribution in [2.45, 2.75) is 6.54 Å². The molecule has 0 spiro atoms. The number of para-hydroxylation sites is 2. The second-order valence-corrected chi connectivity index (χ2v) is 4.43. The van der Waals surface area contributed by atoms with E-state index >= 15 is 0 Å². The molecule has 98 valence electrons. The van der Waals surface area contributed by atoms with Gasteiger partial charge in [-0.1, -0.05) is 12.1 Å². The molecular weight excluding hydrogens is 242 g/mol. The Bertz CT molecular complexity index is 598. The van der Waals surface area contributed by atoms with E-state index in [1.807, 2.05) is 35.2 Å². The van der Waals surface area contributed by atoms with E-state index in [1.54, 1.807) is 19.2 Å². The summed E-state index contributed by atoms with van der Waals surface area (Å²) in [5.74, 6) is 1.94. The Morgan fingerprint density at radius 1 is 1.21 bits per heavy atom. The van der Waals surface area contributed by atoms with E-state index in [4.69, 9.17) is 9.47 Å². The lowest BCUT2D eigenvalue weighted by molar-refractivity contribution is 0.286.